The van der Waals surface area contributed by atoms with Gasteiger partial charge in [-0.3, -0.25) is 11.3 Å². The Morgan fingerprint density at radius 1 is 1.32 bits per heavy atom. The van der Waals surface area contributed by atoms with Gasteiger partial charge in [-0.25, -0.2) is 8.78 Å². The molecule has 0 saturated heterocycles. The molecule has 3 N–H and O–H groups in total. The zero-order valence-corrected chi connectivity index (χ0v) is 12.3. The average molecular weight is 333 g/mol. The van der Waals surface area contributed by atoms with Crippen molar-refractivity contribution in [2.45, 2.75) is 38.1 Å². The molecule has 1 unspecified atom stereocenters. The summed E-state index contributed by atoms with van der Waals surface area (Å²) < 4.78 is 26.7. The van der Waals surface area contributed by atoms with Gasteiger partial charge in [-0.15, -0.1) is 6.58 Å². The second kappa shape index (κ2) is 8.40. The summed E-state index contributed by atoms with van der Waals surface area (Å²) >= 11 is 3.08. The maximum atomic E-state index is 13.5. The van der Waals surface area contributed by atoms with E-state index in [1.807, 2.05) is 6.08 Å². The van der Waals surface area contributed by atoms with Crippen molar-refractivity contribution in [1.82, 2.24) is 5.43 Å². The summed E-state index contributed by atoms with van der Waals surface area (Å²) in [4.78, 5) is 0. The van der Waals surface area contributed by atoms with E-state index in [0.29, 0.717) is 5.56 Å². The van der Waals surface area contributed by atoms with Crippen LogP contribution in [0.25, 0.3) is 0 Å². The SMILES string of the molecule is C=CCCCCCC(NN)c1ccc(F)c(F)c1Br. The zero-order chi connectivity index (χ0) is 14.3. The van der Waals surface area contributed by atoms with E-state index in [1.54, 1.807) is 6.07 Å². The number of nitrogens with two attached hydrogens (primary N) is 1. The predicted octanol–water partition coefficient (Wildman–Crippen LogP) is 4.37. The topological polar surface area (TPSA) is 38.0 Å². The molecule has 1 rings (SSSR count). The van der Waals surface area contributed by atoms with Gasteiger partial charge < -0.3 is 0 Å². The standard InChI is InChI=1S/C14H19BrF2N2/c1-2-3-4-5-6-7-12(19-18)10-8-9-11(16)14(17)13(10)15/h2,8-9,12,19H,1,3-7,18H2. The van der Waals surface area contributed by atoms with Gasteiger partial charge in [0.2, 0.25) is 0 Å². The van der Waals surface area contributed by atoms with E-state index in [9.17, 15) is 8.78 Å². The number of hydrogen-bond donors (Lipinski definition) is 2. The molecular formula is C14H19BrF2N2. The molecule has 106 valence electrons. The van der Waals surface area contributed by atoms with E-state index in [-0.39, 0.29) is 10.5 Å². The molecular weight excluding hydrogens is 314 g/mol. The Kier molecular flexibility index (Phi) is 7.20. The molecule has 0 heterocycles. The van der Waals surface area contributed by atoms with E-state index < -0.39 is 11.6 Å². The van der Waals surface area contributed by atoms with Crippen LogP contribution in [0.1, 0.15) is 43.7 Å². The summed E-state index contributed by atoms with van der Waals surface area (Å²) in [6.45, 7) is 3.67. The summed E-state index contributed by atoms with van der Waals surface area (Å²) in [6, 6.07) is 2.49. The number of hydrazine groups is 1. The summed E-state index contributed by atoms with van der Waals surface area (Å²) in [7, 11) is 0. The van der Waals surface area contributed by atoms with Crippen molar-refractivity contribution in [3.05, 3.63) is 46.5 Å². The molecule has 0 radical (unpaired) electrons. The molecule has 0 aromatic heterocycles. The highest BCUT2D eigenvalue weighted by molar-refractivity contribution is 9.10. The van der Waals surface area contributed by atoms with Crippen LogP contribution in [0, 0.1) is 11.6 Å². The molecule has 0 aliphatic rings. The number of nitrogens with one attached hydrogen (secondary N) is 1. The van der Waals surface area contributed by atoms with Crippen LogP contribution in [0.2, 0.25) is 0 Å². The maximum Gasteiger partial charge on any atom is 0.173 e. The van der Waals surface area contributed by atoms with Crippen LogP contribution >= 0.6 is 15.9 Å². The maximum absolute atomic E-state index is 13.5. The minimum atomic E-state index is -0.871. The highest BCUT2D eigenvalue weighted by Gasteiger charge is 2.17. The van der Waals surface area contributed by atoms with E-state index >= 15 is 0 Å². The highest BCUT2D eigenvalue weighted by Crippen LogP contribution is 2.30. The van der Waals surface area contributed by atoms with Crippen molar-refractivity contribution >= 4 is 15.9 Å². The molecule has 1 aromatic rings. The molecule has 0 spiro atoms. The monoisotopic (exact) mass is 332 g/mol. The number of benzene rings is 1. The molecule has 0 amide bonds. The lowest BCUT2D eigenvalue weighted by molar-refractivity contribution is 0.467. The third-order valence-corrected chi connectivity index (χ3v) is 3.85. The highest BCUT2D eigenvalue weighted by atomic mass is 79.9. The lowest BCUT2D eigenvalue weighted by Gasteiger charge is -2.18. The molecule has 0 fully saturated rings. The van der Waals surface area contributed by atoms with Crippen LogP contribution in [-0.4, -0.2) is 0 Å². The van der Waals surface area contributed by atoms with Crippen LogP contribution in [0.4, 0.5) is 8.78 Å². The molecule has 1 aromatic carbocycles. The van der Waals surface area contributed by atoms with Crippen LogP contribution in [-0.2, 0) is 0 Å². The van der Waals surface area contributed by atoms with Gasteiger partial charge in [-0.1, -0.05) is 25.0 Å². The zero-order valence-electron chi connectivity index (χ0n) is 10.8. The lowest BCUT2D eigenvalue weighted by atomic mass is 10.0. The van der Waals surface area contributed by atoms with Gasteiger partial charge in [0.15, 0.2) is 11.6 Å². The minimum Gasteiger partial charge on any atom is -0.271 e. The largest absolute Gasteiger partial charge is 0.271 e. The predicted molar refractivity (Wildman–Crippen MR) is 77.4 cm³/mol. The Bertz CT molecular complexity index is 424. The fourth-order valence-electron chi connectivity index (χ4n) is 1.95. The van der Waals surface area contributed by atoms with Crippen molar-refractivity contribution in [1.29, 1.82) is 0 Å². The summed E-state index contributed by atoms with van der Waals surface area (Å²) in [5, 5.41) is 0. The first-order valence-corrected chi connectivity index (χ1v) is 7.11. The Labute approximate surface area is 121 Å². The molecule has 1 atom stereocenters. The Balaban J connectivity index is 2.64. The number of halogens is 3. The van der Waals surface area contributed by atoms with Gasteiger partial charge in [-0.05, 0) is 46.8 Å². The number of hydrogen-bond acceptors (Lipinski definition) is 2. The lowest BCUT2D eigenvalue weighted by Crippen LogP contribution is -2.28. The van der Waals surface area contributed by atoms with Gasteiger partial charge in [0.05, 0.1) is 4.47 Å². The van der Waals surface area contributed by atoms with Gasteiger partial charge in [0, 0.05) is 6.04 Å². The van der Waals surface area contributed by atoms with Crippen LogP contribution in [0.3, 0.4) is 0 Å². The smallest absolute Gasteiger partial charge is 0.173 e. The third kappa shape index (κ3) is 4.67. The molecule has 5 heteroatoms. The quantitative estimate of drug-likeness (QED) is 0.244. The fraction of sp³-hybridized carbons (Fsp3) is 0.429. The Morgan fingerprint density at radius 3 is 2.68 bits per heavy atom. The molecule has 0 saturated carbocycles. The normalized spacial score (nSPS) is 12.4. The average Bonchev–Trinajstić information content (AvgIpc) is 2.41. The summed E-state index contributed by atoms with van der Waals surface area (Å²) in [5.41, 5.74) is 3.30. The van der Waals surface area contributed by atoms with Crippen molar-refractivity contribution in [2.75, 3.05) is 0 Å². The van der Waals surface area contributed by atoms with Crippen molar-refractivity contribution in [3.63, 3.8) is 0 Å². The Morgan fingerprint density at radius 2 is 2.05 bits per heavy atom. The van der Waals surface area contributed by atoms with E-state index in [0.717, 1.165) is 38.2 Å². The number of unbranched alkanes of at least 4 members (excludes halogenated alkanes) is 3. The van der Waals surface area contributed by atoms with Crippen LogP contribution in [0.15, 0.2) is 29.3 Å². The number of rotatable bonds is 8. The number of allylic oxidation sites excluding steroid dienone is 1. The van der Waals surface area contributed by atoms with E-state index in [2.05, 4.69) is 27.9 Å². The molecule has 19 heavy (non-hydrogen) atoms. The molecule has 2 nitrogen and oxygen atoms in total. The van der Waals surface area contributed by atoms with Crippen LogP contribution in [0.5, 0.6) is 0 Å². The van der Waals surface area contributed by atoms with E-state index in [1.165, 1.54) is 0 Å². The Hall–Kier alpha value is -0.780. The first-order chi connectivity index (χ1) is 9.11. The second-order valence-corrected chi connectivity index (χ2v) is 5.20. The van der Waals surface area contributed by atoms with Crippen molar-refractivity contribution < 1.29 is 8.78 Å². The summed E-state index contributed by atoms with van der Waals surface area (Å²) in [5.74, 6) is 3.77. The molecule has 0 aliphatic heterocycles. The first kappa shape index (κ1) is 16.3. The van der Waals surface area contributed by atoms with Crippen molar-refractivity contribution in [2.24, 2.45) is 5.84 Å². The van der Waals surface area contributed by atoms with Crippen LogP contribution < -0.4 is 11.3 Å². The fourth-order valence-corrected chi connectivity index (χ4v) is 2.55. The van der Waals surface area contributed by atoms with Gasteiger partial charge >= 0.3 is 0 Å². The van der Waals surface area contributed by atoms with E-state index in [4.69, 9.17) is 5.84 Å². The van der Waals surface area contributed by atoms with Gasteiger partial charge in [0.25, 0.3) is 0 Å². The summed E-state index contributed by atoms with van der Waals surface area (Å²) in [6.07, 6.45) is 6.77. The molecule has 0 bridgehead atoms. The first-order valence-electron chi connectivity index (χ1n) is 6.32. The minimum absolute atomic E-state index is 0.140. The third-order valence-electron chi connectivity index (χ3n) is 3.04. The van der Waals surface area contributed by atoms with Gasteiger partial charge in [0.1, 0.15) is 0 Å². The van der Waals surface area contributed by atoms with Gasteiger partial charge in [-0.2, -0.15) is 0 Å². The molecule has 0 aliphatic carbocycles. The second-order valence-electron chi connectivity index (χ2n) is 4.41. The van der Waals surface area contributed by atoms with Crippen molar-refractivity contribution in [3.8, 4) is 0 Å².